The average Bonchev–Trinajstić information content (AvgIpc) is 2.09. The van der Waals surface area contributed by atoms with Gasteiger partial charge in [0.2, 0.25) is 0 Å². The summed E-state index contributed by atoms with van der Waals surface area (Å²) in [6.07, 6.45) is -5.97. The van der Waals surface area contributed by atoms with Gasteiger partial charge in [0.05, 0.1) is 13.0 Å². The molecular formula is C7H13F3N2O2. The van der Waals surface area contributed by atoms with Crippen molar-refractivity contribution in [2.24, 2.45) is 5.84 Å². The third kappa shape index (κ3) is 5.76. The van der Waals surface area contributed by atoms with Gasteiger partial charge in [-0.1, -0.05) is 6.92 Å². The van der Waals surface area contributed by atoms with Crippen LogP contribution >= 0.6 is 0 Å². The maximum absolute atomic E-state index is 11.7. The highest BCUT2D eigenvalue weighted by atomic mass is 19.4. The van der Waals surface area contributed by atoms with Crippen molar-refractivity contribution >= 4 is 5.91 Å². The van der Waals surface area contributed by atoms with Gasteiger partial charge in [0, 0.05) is 0 Å². The number of hydrogen-bond donors (Lipinski definition) is 2. The molecule has 0 radical (unpaired) electrons. The summed E-state index contributed by atoms with van der Waals surface area (Å²) in [6.45, 7) is 1.09. The van der Waals surface area contributed by atoms with Crippen LogP contribution in [0.1, 0.15) is 19.8 Å². The standard InChI is InChI=1S/C7H13F3N2O2/c1-2-5(6(13)12-11)14-4-3-7(8,9)10/h5H,2-4,11H2,1H3,(H,12,13). The Morgan fingerprint density at radius 3 is 2.50 bits per heavy atom. The zero-order valence-corrected chi connectivity index (χ0v) is 7.73. The molecule has 0 fully saturated rings. The molecule has 1 unspecified atom stereocenters. The largest absolute Gasteiger partial charge is 0.391 e. The molecule has 3 N–H and O–H groups in total. The van der Waals surface area contributed by atoms with Gasteiger partial charge in [0.1, 0.15) is 6.10 Å². The molecule has 0 aliphatic carbocycles. The van der Waals surface area contributed by atoms with Crippen molar-refractivity contribution in [3.8, 4) is 0 Å². The molecule has 0 aromatic rings. The highest BCUT2D eigenvalue weighted by Crippen LogP contribution is 2.19. The van der Waals surface area contributed by atoms with Gasteiger partial charge >= 0.3 is 6.18 Å². The first-order valence-corrected chi connectivity index (χ1v) is 4.09. The monoisotopic (exact) mass is 214 g/mol. The van der Waals surface area contributed by atoms with Crippen LogP contribution < -0.4 is 11.3 Å². The normalized spacial score (nSPS) is 13.8. The molecule has 14 heavy (non-hydrogen) atoms. The van der Waals surface area contributed by atoms with Gasteiger partial charge in [0.25, 0.3) is 5.91 Å². The van der Waals surface area contributed by atoms with E-state index in [-0.39, 0.29) is 6.42 Å². The SMILES string of the molecule is CCC(OCCC(F)(F)F)C(=O)NN. The van der Waals surface area contributed by atoms with E-state index in [4.69, 9.17) is 10.6 Å². The Bertz CT molecular complexity index is 184. The quantitative estimate of drug-likeness (QED) is 0.402. The second-order valence-corrected chi connectivity index (χ2v) is 2.64. The van der Waals surface area contributed by atoms with E-state index in [9.17, 15) is 18.0 Å². The molecule has 4 nitrogen and oxygen atoms in total. The summed E-state index contributed by atoms with van der Waals surface area (Å²) in [6, 6.07) is 0. The number of nitrogens with two attached hydrogens (primary N) is 1. The molecule has 84 valence electrons. The summed E-state index contributed by atoms with van der Waals surface area (Å²) >= 11 is 0. The van der Waals surface area contributed by atoms with Gasteiger partial charge in [-0.3, -0.25) is 10.2 Å². The maximum Gasteiger partial charge on any atom is 0.391 e. The molecule has 0 aromatic heterocycles. The minimum absolute atomic E-state index is 0.279. The fraction of sp³-hybridized carbons (Fsp3) is 0.857. The van der Waals surface area contributed by atoms with Crippen LogP contribution in [0.3, 0.4) is 0 Å². The Morgan fingerprint density at radius 2 is 2.14 bits per heavy atom. The van der Waals surface area contributed by atoms with Gasteiger partial charge in [-0.05, 0) is 6.42 Å². The fourth-order valence-electron chi connectivity index (χ4n) is 0.789. The zero-order chi connectivity index (χ0) is 11.2. The van der Waals surface area contributed by atoms with E-state index < -0.39 is 31.2 Å². The summed E-state index contributed by atoms with van der Waals surface area (Å²) < 4.78 is 39.8. The number of carbonyl (C=O) groups excluding carboxylic acids is 1. The first-order chi connectivity index (χ1) is 6.40. The van der Waals surface area contributed by atoms with Crippen molar-refractivity contribution in [2.45, 2.75) is 32.0 Å². The second-order valence-electron chi connectivity index (χ2n) is 2.64. The lowest BCUT2D eigenvalue weighted by Crippen LogP contribution is -2.40. The minimum Gasteiger partial charge on any atom is -0.368 e. The highest BCUT2D eigenvalue weighted by molar-refractivity contribution is 5.79. The number of carbonyl (C=O) groups is 1. The lowest BCUT2D eigenvalue weighted by Gasteiger charge is -2.14. The van der Waals surface area contributed by atoms with Crippen molar-refractivity contribution < 1.29 is 22.7 Å². The lowest BCUT2D eigenvalue weighted by atomic mass is 10.2. The molecule has 0 aromatic carbocycles. The zero-order valence-electron chi connectivity index (χ0n) is 7.73. The molecule has 1 atom stereocenters. The summed E-state index contributed by atoms with van der Waals surface area (Å²) in [7, 11) is 0. The van der Waals surface area contributed by atoms with Crippen LogP contribution in [0.4, 0.5) is 13.2 Å². The van der Waals surface area contributed by atoms with Crippen LogP contribution in [-0.2, 0) is 9.53 Å². The third-order valence-corrected chi connectivity index (χ3v) is 1.51. The molecular weight excluding hydrogens is 201 g/mol. The highest BCUT2D eigenvalue weighted by Gasteiger charge is 2.27. The van der Waals surface area contributed by atoms with Crippen molar-refractivity contribution in [3.63, 3.8) is 0 Å². The molecule has 0 saturated heterocycles. The van der Waals surface area contributed by atoms with Crippen LogP contribution in [0.2, 0.25) is 0 Å². The van der Waals surface area contributed by atoms with Crippen molar-refractivity contribution in [1.82, 2.24) is 5.43 Å². The van der Waals surface area contributed by atoms with E-state index in [2.05, 4.69) is 0 Å². The van der Waals surface area contributed by atoms with Crippen molar-refractivity contribution in [2.75, 3.05) is 6.61 Å². The van der Waals surface area contributed by atoms with Gasteiger partial charge in [0.15, 0.2) is 0 Å². The van der Waals surface area contributed by atoms with Gasteiger partial charge in [-0.15, -0.1) is 0 Å². The molecule has 0 bridgehead atoms. The topological polar surface area (TPSA) is 64.3 Å². The summed E-state index contributed by atoms with van der Waals surface area (Å²) in [5, 5.41) is 0. The van der Waals surface area contributed by atoms with Crippen LogP contribution in [0, 0.1) is 0 Å². The van der Waals surface area contributed by atoms with Crippen molar-refractivity contribution in [3.05, 3.63) is 0 Å². The van der Waals surface area contributed by atoms with Gasteiger partial charge in [-0.2, -0.15) is 13.2 Å². The Kier molecular flexibility index (Phi) is 5.47. The lowest BCUT2D eigenvalue weighted by molar-refractivity contribution is -0.155. The Balaban J connectivity index is 3.80. The van der Waals surface area contributed by atoms with Gasteiger partial charge in [-0.25, -0.2) is 5.84 Å². The molecule has 0 aliphatic rings. The molecule has 0 saturated carbocycles. The van der Waals surface area contributed by atoms with Crippen LogP contribution in [-0.4, -0.2) is 24.8 Å². The van der Waals surface area contributed by atoms with E-state index in [1.807, 2.05) is 5.43 Å². The molecule has 0 rings (SSSR count). The third-order valence-electron chi connectivity index (χ3n) is 1.51. The molecule has 0 aliphatic heterocycles. The Hall–Kier alpha value is -0.820. The number of halogens is 3. The average molecular weight is 214 g/mol. The van der Waals surface area contributed by atoms with E-state index in [1.165, 1.54) is 0 Å². The molecule has 0 heterocycles. The van der Waals surface area contributed by atoms with E-state index in [0.29, 0.717) is 0 Å². The van der Waals surface area contributed by atoms with E-state index in [1.54, 1.807) is 6.92 Å². The summed E-state index contributed by atoms with van der Waals surface area (Å²) in [4.78, 5) is 10.9. The molecule has 0 spiro atoms. The smallest absolute Gasteiger partial charge is 0.368 e. The fourth-order valence-corrected chi connectivity index (χ4v) is 0.789. The minimum atomic E-state index is -4.27. The van der Waals surface area contributed by atoms with E-state index in [0.717, 1.165) is 0 Å². The Labute approximate surface area is 79.6 Å². The van der Waals surface area contributed by atoms with Gasteiger partial charge < -0.3 is 4.74 Å². The number of nitrogens with one attached hydrogen (secondary N) is 1. The predicted molar refractivity (Wildman–Crippen MR) is 43.0 cm³/mol. The van der Waals surface area contributed by atoms with Crippen LogP contribution in [0.25, 0.3) is 0 Å². The van der Waals surface area contributed by atoms with Crippen molar-refractivity contribution in [1.29, 1.82) is 0 Å². The number of hydrogen-bond acceptors (Lipinski definition) is 3. The number of amides is 1. The summed E-state index contributed by atoms with van der Waals surface area (Å²) in [5.41, 5.74) is 1.82. The Morgan fingerprint density at radius 1 is 1.57 bits per heavy atom. The number of alkyl halides is 3. The van der Waals surface area contributed by atoms with Crippen LogP contribution in [0.5, 0.6) is 0 Å². The number of rotatable bonds is 5. The van der Waals surface area contributed by atoms with Crippen LogP contribution in [0.15, 0.2) is 0 Å². The molecule has 7 heteroatoms. The maximum atomic E-state index is 11.7. The first-order valence-electron chi connectivity index (χ1n) is 4.09. The number of ether oxygens (including phenoxy) is 1. The second kappa shape index (κ2) is 5.82. The number of hydrazine groups is 1. The van der Waals surface area contributed by atoms with E-state index >= 15 is 0 Å². The summed E-state index contributed by atoms with van der Waals surface area (Å²) in [5.74, 6) is 4.19. The molecule has 1 amide bonds. The first kappa shape index (κ1) is 13.2. The predicted octanol–water partition coefficient (Wildman–Crippen LogP) is 0.724.